The molecular weight excluding hydrogens is 310 g/mol. The van der Waals surface area contributed by atoms with Crippen LogP contribution in [0.15, 0.2) is 15.9 Å². The van der Waals surface area contributed by atoms with Crippen LogP contribution in [0.25, 0.3) is 0 Å². The molecule has 1 rings (SSSR count). The van der Waals surface area contributed by atoms with Crippen molar-refractivity contribution in [3.63, 3.8) is 0 Å². The van der Waals surface area contributed by atoms with Crippen LogP contribution in [0.4, 0.5) is 0 Å². The Morgan fingerprint density at radius 3 is 2.71 bits per heavy atom. The number of carboxylic acids is 1. The number of rotatable bonds is 5. The molecule has 0 radical (unpaired) electrons. The van der Waals surface area contributed by atoms with Crippen LogP contribution in [0.2, 0.25) is 0 Å². The van der Waals surface area contributed by atoms with Crippen molar-refractivity contribution in [3.05, 3.63) is 20.8 Å². The molecule has 3 N–H and O–H groups in total. The molecule has 7 heteroatoms. The normalized spacial score (nSPS) is 14.1. The fourth-order valence-electron chi connectivity index (χ4n) is 1.20. The van der Waals surface area contributed by atoms with Gasteiger partial charge in [-0.05, 0) is 34.3 Å². The average molecular weight is 322 g/mol. The average Bonchev–Trinajstić information content (AvgIpc) is 2.59. The Morgan fingerprint density at radius 2 is 2.24 bits per heavy atom. The Hall–Kier alpha value is -0.920. The summed E-state index contributed by atoms with van der Waals surface area (Å²) in [5.41, 5.74) is -1.45. The van der Waals surface area contributed by atoms with Crippen molar-refractivity contribution in [2.75, 3.05) is 6.54 Å². The number of carboxylic acid groups (broad SMARTS) is 1. The van der Waals surface area contributed by atoms with Crippen LogP contribution in [0.3, 0.4) is 0 Å². The third-order valence-electron chi connectivity index (χ3n) is 1.99. The van der Waals surface area contributed by atoms with E-state index in [2.05, 4.69) is 21.2 Å². The minimum absolute atomic E-state index is 0.109. The van der Waals surface area contributed by atoms with E-state index in [-0.39, 0.29) is 12.5 Å². The Balaban J connectivity index is 2.54. The van der Waals surface area contributed by atoms with Gasteiger partial charge in [0.05, 0.1) is 12.0 Å². The molecule has 0 bridgehead atoms. The Morgan fingerprint density at radius 1 is 1.59 bits per heavy atom. The molecule has 0 fully saturated rings. The lowest BCUT2D eigenvalue weighted by atomic mass is 10.0. The smallest absolute Gasteiger partial charge is 0.306 e. The van der Waals surface area contributed by atoms with Crippen molar-refractivity contribution in [1.29, 1.82) is 0 Å². The standard InChI is InChI=1S/C10H12BrNO4S/c1-10(16,4-7(13)14)5-12-9(15)8-6(11)2-3-17-8/h2-3,16H,4-5H2,1H3,(H,12,15)(H,13,14). The number of carbonyl (C=O) groups excluding carboxylic acids is 1. The zero-order valence-corrected chi connectivity index (χ0v) is 11.5. The first-order chi connectivity index (χ1) is 7.82. The molecule has 17 heavy (non-hydrogen) atoms. The fraction of sp³-hybridized carbons (Fsp3) is 0.400. The second kappa shape index (κ2) is 5.61. The summed E-state index contributed by atoms with van der Waals surface area (Å²) in [7, 11) is 0. The van der Waals surface area contributed by atoms with Gasteiger partial charge >= 0.3 is 5.97 Å². The molecule has 0 saturated heterocycles. The zero-order valence-electron chi connectivity index (χ0n) is 9.07. The van der Waals surface area contributed by atoms with E-state index in [0.717, 1.165) is 0 Å². The van der Waals surface area contributed by atoms with E-state index in [1.54, 1.807) is 11.4 Å². The lowest BCUT2D eigenvalue weighted by Crippen LogP contribution is -2.42. The van der Waals surface area contributed by atoms with Crippen LogP contribution in [-0.2, 0) is 4.79 Å². The highest BCUT2D eigenvalue weighted by Crippen LogP contribution is 2.22. The number of thiophene rings is 1. The van der Waals surface area contributed by atoms with Crippen molar-refractivity contribution in [2.45, 2.75) is 18.9 Å². The molecule has 0 aromatic carbocycles. The summed E-state index contributed by atoms with van der Waals surface area (Å²) in [6.07, 6.45) is -0.418. The zero-order chi connectivity index (χ0) is 13.1. The molecule has 1 unspecified atom stereocenters. The van der Waals surface area contributed by atoms with Crippen molar-refractivity contribution in [2.24, 2.45) is 0 Å². The first-order valence-electron chi connectivity index (χ1n) is 4.77. The van der Waals surface area contributed by atoms with E-state index in [1.165, 1.54) is 18.3 Å². The number of hydrogen-bond donors (Lipinski definition) is 3. The van der Waals surface area contributed by atoms with Crippen molar-refractivity contribution < 1.29 is 19.8 Å². The molecule has 0 spiro atoms. The molecule has 1 heterocycles. The maximum Gasteiger partial charge on any atom is 0.306 e. The van der Waals surface area contributed by atoms with E-state index < -0.39 is 18.0 Å². The fourth-order valence-corrected chi connectivity index (χ4v) is 2.66. The summed E-state index contributed by atoms with van der Waals surface area (Å²) in [5, 5.41) is 22.5. The van der Waals surface area contributed by atoms with Crippen LogP contribution in [0.5, 0.6) is 0 Å². The van der Waals surface area contributed by atoms with E-state index in [9.17, 15) is 14.7 Å². The van der Waals surface area contributed by atoms with Gasteiger partial charge in [0.15, 0.2) is 0 Å². The summed E-state index contributed by atoms with van der Waals surface area (Å²) in [6.45, 7) is 1.26. The van der Waals surface area contributed by atoms with Crippen molar-refractivity contribution in [1.82, 2.24) is 5.32 Å². The minimum Gasteiger partial charge on any atom is -0.481 e. The van der Waals surface area contributed by atoms with Gasteiger partial charge in [-0.15, -0.1) is 11.3 Å². The van der Waals surface area contributed by atoms with E-state index in [4.69, 9.17) is 5.11 Å². The first-order valence-corrected chi connectivity index (χ1v) is 6.44. The summed E-state index contributed by atoms with van der Waals surface area (Å²) < 4.78 is 0.679. The highest BCUT2D eigenvalue weighted by Gasteiger charge is 2.25. The monoisotopic (exact) mass is 321 g/mol. The predicted molar refractivity (Wildman–Crippen MR) is 67.2 cm³/mol. The van der Waals surface area contributed by atoms with E-state index in [1.807, 2.05) is 0 Å². The molecule has 1 atom stereocenters. The number of carbonyl (C=O) groups is 2. The van der Waals surface area contributed by atoms with E-state index in [0.29, 0.717) is 9.35 Å². The summed E-state index contributed by atoms with van der Waals surface area (Å²) >= 11 is 4.49. The number of aliphatic hydroxyl groups is 1. The van der Waals surface area contributed by atoms with Crippen LogP contribution >= 0.6 is 27.3 Å². The summed E-state index contributed by atoms with van der Waals surface area (Å²) in [4.78, 5) is 22.6. The van der Waals surface area contributed by atoms with Gasteiger partial charge in [-0.25, -0.2) is 0 Å². The highest BCUT2D eigenvalue weighted by molar-refractivity contribution is 9.10. The molecule has 1 amide bonds. The molecule has 0 aliphatic carbocycles. The highest BCUT2D eigenvalue weighted by atomic mass is 79.9. The summed E-state index contributed by atoms with van der Waals surface area (Å²) in [6, 6.07) is 1.75. The molecule has 94 valence electrons. The molecule has 5 nitrogen and oxygen atoms in total. The first kappa shape index (κ1) is 14.1. The lowest BCUT2D eigenvalue weighted by molar-refractivity contribution is -0.141. The number of nitrogens with one attached hydrogen (secondary N) is 1. The van der Waals surface area contributed by atoms with Crippen LogP contribution in [-0.4, -0.2) is 34.2 Å². The van der Waals surface area contributed by atoms with Crippen molar-refractivity contribution in [3.8, 4) is 0 Å². The Bertz CT molecular complexity index is 430. The summed E-state index contributed by atoms with van der Waals surface area (Å²) in [5.74, 6) is -1.45. The predicted octanol–water partition coefficient (Wildman–Crippen LogP) is 1.47. The second-order valence-electron chi connectivity index (χ2n) is 3.85. The maximum atomic E-state index is 11.7. The number of halogens is 1. The van der Waals surface area contributed by atoms with Gasteiger partial charge in [0.1, 0.15) is 4.88 Å². The molecule has 1 aromatic heterocycles. The van der Waals surface area contributed by atoms with Crippen molar-refractivity contribution >= 4 is 39.1 Å². The largest absolute Gasteiger partial charge is 0.481 e. The maximum absolute atomic E-state index is 11.7. The van der Waals surface area contributed by atoms with Gasteiger partial charge in [-0.2, -0.15) is 0 Å². The van der Waals surface area contributed by atoms with Gasteiger partial charge in [0, 0.05) is 11.0 Å². The van der Waals surface area contributed by atoms with Gasteiger partial charge in [0.2, 0.25) is 0 Å². The number of hydrogen-bond acceptors (Lipinski definition) is 4. The number of amides is 1. The lowest BCUT2D eigenvalue weighted by Gasteiger charge is -2.21. The SMILES string of the molecule is CC(O)(CNC(=O)c1sccc1Br)CC(=O)O. The van der Waals surface area contributed by atoms with Gasteiger partial charge in [-0.3, -0.25) is 9.59 Å². The third kappa shape index (κ3) is 4.45. The molecule has 0 aliphatic rings. The quantitative estimate of drug-likeness (QED) is 0.766. The minimum atomic E-state index is -1.45. The number of aliphatic carboxylic acids is 1. The van der Waals surface area contributed by atoms with Crippen LogP contribution in [0, 0.1) is 0 Å². The second-order valence-corrected chi connectivity index (χ2v) is 5.62. The van der Waals surface area contributed by atoms with Crippen LogP contribution < -0.4 is 5.32 Å². The molecular formula is C10H12BrNO4S. The van der Waals surface area contributed by atoms with E-state index >= 15 is 0 Å². The van der Waals surface area contributed by atoms with Gasteiger partial charge in [0.25, 0.3) is 5.91 Å². The van der Waals surface area contributed by atoms with Gasteiger partial charge in [-0.1, -0.05) is 0 Å². The molecule has 1 aromatic rings. The molecule has 0 saturated carbocycles. The Labute approximate surface area is 111 Å². The Kier molecular flexibility index (Phi) is 4.67. The molecule has 0 aliphatic heterocycles. The van der Waals surface area contributed by atoms with Crippen LogP contribution in [0.1, 0.15) is 23.0 Å². The third-order valence-corrected chi connectivity index (χ3v) is 3.82. The topological polar surface area (TPSA) is 86.6 Å². The van der Waals surface area contributed by atoms with Gasteiger partial charge < -0.3 is 15.5 Å².